The molecule has 1 unspecified atom stereocenters. The summed E-state index contributed by atoms with van der Waals surface area (Å²) in [5.74, 6) is -0.348. The second-order valence-electron chi connectivity index (χ2n) is 3.15. The van der Waals surface area contributed by atoms with E-state index in [9.17, 15) is 4.79 Å². The van der Waals surface area contributed by atoms with Crippen molar-refractivity contribution >= 4 is 5.91 Å². The molecular formula is C11H15NO. The quantitative estimate of drug-likeness (QED) is 0.751. The van der Waals surface area contributed by atoms with Crippen molar-refractivity contribution in [1.82, 2.24) is 0 Å². The van der Waals surface area contributed by atoms with Gasteiger partial charge >= 0.3 is 0 Å². The van der Waals surface area contributed by atoms with Crippen LogP contribution in [0.2, 0.25) is 0 Å². The average molecular weight is 177 g/mol. The molecule has 0 saturated heterocycles. The minimum absolute atomic E-state index is 0.119. The Morgan fingerprint density at radius 1 is 1.38 bits per heavy atom. The van der Waals surface area contributed by atoms with Crippen molar-refractivity contribution in [3.05, 3.63) is 35.9 Å². The molecule has 0 aromatic heterocycles. The second-order valence-corrected chi connectivity index (χ2v) is 3.15. The van der Waals surface area contributed by atoms with Crippen LogP contribution in [0.15, 0.2) is 30.3 Å². The molecule has 13 heavy (non-hydrogen) atoms. The van der Waals surface area contributed by atoms with Gasteiger partial charge in [0, 0.05) is 0 Å². The summed E-state index contributed by atoms with van der Waals surface area (Å²) < 4.78 is 0. The van der Waals surface area contributed by atoms with Gasteiger partial charge in [-0.2, -0.15) is 0 Å². The Morgan fingerprint density at radius 2 is 2.00 bits per heavy atom. The largest absolute Gasteiger partial charge is 0.369 e. The number of benzene rings is 1. The van der Waals surface area contributed by atoms with E-state index in [4.69, 9.17) is 5.73 Å². The topological polar surface area (TPSA) is 43.1 Å². The number of hydrogen-bond acceptors (Lipinski definition) is 1. The molecule has 2 nitrogen and oxygen atoms in total. The van der Waals surface area contributed by atoms with Gasteiger partial charge < -0.3 is 5.73 Å². The van der Waals surface area contributed by atoms with Gasteiger partial charge in [-0.1, -0.05) is 43.7 Å². The van der Waals surface area contributed by atoms with Crippen LogP contribution in [0.1, 0.15) is 31.2 Å². The fourth-order valence-electron chi connectivity index (χ4n) is 1.45. The Hall–Kier alpha value is -1.31. The molecule has 70 valence electrons. The molecule has 1 aromatic carbocycles. The standard InChI is InChI=1S/C11H15NO/c1-2-6-10(11(12)13)9-7-4-3-5-8-9/h3-5,7-8,10H,2,6H2,1H3,(H2,12,13). The maximum atomic E-state index is 11.1. The van der Waals surface area contributed by atoms with E-state index in [1.165, 1.54) is 0 Å². The fraction of sp³-hybridized carbons (Fsp3) is 0.364. The van der Waals surface area contributed by atoms with Gasteiger partial charge in [-0.05, 0) is 12.0 Å². The van der Waals surface area contributed by atoms with Crippen LogP contribution in [0.4, 0.5) is 0 Å². The predicted molar refractivity (Wildman–Crippen MR) is 53.3 cm³/mol. The zero-order valence-electron chi connectivity index (χ0n) is 7.86. The monoisotopic (exact) mass is 177 g/mol. The van der Waals surface area contributed by atoms with Crippen LogP contribution in [0.25, 0.3) is 0 Å². The van der Waals surface area contributed by atoms with E-state index in [1.807, 2.05) is 30.3 Å². The number of carbonyl (C=O) groups excluding carboxylic acids is 1. The highest BCUT2D eigenvalue weighted by atomic mass is 16.1. The van der Waals surface area contributed by atoms with Crippen molar-refractivity contribution in [1.29, 1.82) is 0 Å². The zero-order valence-corrected chi connectivity index (χ0v) is 7.86. The van der Waals surface area contributed by atoms with Gasteiger partial charge in [-0.15, -0.1) is 0 Å². The first-order valence-corrected chi connectivity index (χ1v) is 4.60. The van der Waals surface area contributed by atoms with Crippen LogP contribution >= 0.6 is 0 Å². The lowest BCUT2D eigenvalue weighted by Crippen LogP contribution is -2.21. The molecule has 0 radical (unpaired) electrons. The summed E-state index contributed by atoms with van der Waals surface area (Å²) in [5.41, 5.74) is 6.34. The minimum Gasteiger partial charge on any atom is -0.369 e. The highest BCUT2D eigenvalue weighted by molar-refractivity contribution is 5.81. The third kappa shape index (κ3) is 2.58. The van der Waals surface area contributed by atoms with Crippen LogP contribution in [0.5, 0.6) is 0 Å². The van der Waals surface area contributed by atoms with Crippen LogP contribution < -0.4 is 5.73 Å². The summed E-state index contributed by atoms with van der Waals surface area (Å²) >= 11 is 0. The van der Waals surface area contributed by atoms with Crippen molar-refractivity contribution in [2.75, 3.05) is 0 Å². The smallest absolute Gasteiger partial charge is 0.224 e. The molecular weight excluding hydrogens is 162 g/mol. The molecule has 2 N–H and O–H groups in total. The maximum absolute atomic E-state index is 11.1. The van der Waals surface area contributed by atoms with E-state index in [1.54, 1.807) is 0 Å². The SMILES string of the molecule is CCCC(C(N)=O)c1ccccc1. The van der Waals surface area contributed by atoms with E-state index in [0.29, 0.717) is 0 Å². The Morgan fingerprint density at radius 3 is 2.46 bits per heavy atom. The van der Waals surface area contributed by atoms with Crippen LogP contribution in [-0.2, 0) is 4.79 Å². The van der Waals surface area contributed by atoms with Crippen molar-refractivity contribution in [3.8, 4) is 0 Å². The third-order valence-electron chi connectivity index (χ3n) is 2.12. The number of rotatable bonds is 4. The lowest BCUT2D eigenvalue weighted by atomic mass is 9.94. The first-order chi connectivity index (χ1) is 6.25. The molecule has 0 aliphatic carbocycles. The van der Waals surface area contributed by atoms with Crippen molar-refractivity contribution in [3.63, 3.8) is 0 Å². The highest BCUT2D eigenvalue weighted by Gasteiger charge is 2.15. The van der Waals surface area contributed by atoms with Crippen molar-refractivity contribution in [2.45, 2.75) is 25.7 Å². The Labute approximate surface area is 78.8 Å². The van der Waals surface area contributed by atoms with Crippen LogP contribution in [0, 0.1) is 0 Å². The summed E-state index contributed by atoms with van der Waals surface area (Å²) in [4.78, 5) is 11.1. The first kappa shape index (κ1) is 9.78. The summed E-state index contributed by atoms with van der Waals surface area (Å²) in [6.07, 6.45) is 1.81. The van der Waals surface area contributed by atoms with Crippen LogP contribution in [0.3, 0.4) is 0 Å². The predicted octanol–water partition coefficient (Wildman–Crippen LogP) is 2.06. The lowest BCUT2D eigenvalue weighted by Gasteiger charge is -2.11. The molecule has 1 atom stereocenters. The Bertz CT molecular complexity index is 269. The Balaban J connectivity index is 2.82. The molecule has 0 aliphatic heterocycles. The van der Waals surface area contributed by atoms with Crippen LogP contribution in [-0.4, -0.2) is 5.91 Å². The van der Waals surface area contributed by atoms with Crippen molar-refractivity contribution in [2.24, 2.45) is 5.73 Å². The highest BCUT2D eigenvalue weighted by Crippen LogP contribution is 2.19. The molecule has 0 spiro atoms. The molecule has 1 amide bonds. The van der Waals surface area contributed by atoms with E-state index in [2.05, 4.69) is 6.92 Å². The van der Waals surface area contributed by atoms with E-state index in [-0.39, 0.29) is 11.8 Å². The normalized spacial score (nSPS) is 12.4. The van der Waals surface area contributed by atoms with E-state index < -0.39 is 0 Å². The summed E-state index contributed by atoms with van der Waals surface area (Å²) in [5, 5.41) is 0. The maximum Gasteiger partial charge on any atom is 0.224 e. The molecule has 0 fully saturated rings. The molecule has 0 saturated carbocycles. The van der Waals surface area contributed by atoms with Crippen molar-refractivity contribution < 1.29 is 4.79 Å². The number of amides is 1. The van der Waals surface area contributed by atoms with Gasteiger partial charge in [0.15, 0.2) is 0 Å². The number of nitrogens with two attached hydrogens (primary N) is 1. The van der Waals surface area contributed by atoms with Gasteiger partial charge in [0.05, 0.1) is 5.92 Å². The molecule has 0 bridgehead atoms. The lowest BCUT2D eigenvalue weighted by molar-refractivity contribution is -0.119. The average Bonchev–Trinajstić information content (AvgIpc) is 2.15. The summed E-state index contributed by atoms with van der Waals surface area (Å²) in [6.45, 7) is 2.05. The first-order valence-electron chi connectivity index (χ1n) is 4.60. The molecule has 2 heteroatoms. The number of primary amides is 1. The summed E-state index contributed by atoms with van der Waals surface area (Å²) in [6, 6.07) is 9.70. The van der Waals surface area contributed by atoms with Gasteiger partial charge in [0.25, 0.3) is 0 Å². The molecule has 1 rings (SSSR count). The van der Waals surface area contributed by atoms with Gasteiger partial charge in [-0.25, -0.2) is 0 Å². The van der Waals surface area contributed by atoms with Gasteiger partial charge in [-0.3, -0.25) is 4.79 Å². The van der Waals surface area contributed by atoms with E-state index in [0.717, 1.165) is 18.4 Å². The number of carbonyl (C=O) groups is 1. The fourth-order valence-corrected chi connectivity index (χ4v) is 1.45. The Kier molecular flexibility index (Phi) is 3.50. The summed E-state index contributed by atoms with van der Waals surface area (Å²) in [7, 11) is 0. The molecule has 1 aromatic rings. The zero-order chi connectivity index (χ0) is 9.68. The van der Waals surface area contributed by atoms with Gasteiger partial charge in [0.1, 0.15) is 0 Å². The van der Waals surface area contributed by atoms with Gasteiger partial charge in [0.2, 0.25) is 5.91 Å². The molecule has 0 heterocycles. The second kappa shape index (κ2) is 4.65. The molecule has 0 aliphatic rings. The third-order valence-corrected chi connectivity index (χ3v) is 2.12. The number of hydrogen-bond donors (Lipinski definition) is 1. The minimum atomic E-state index is -0.229. The van der Waals surface area contributed by atoms with E-state index >= 15 is 0 Å².